The van der Waals surface area contributed by atoms with Gasteiger partial charge in [0.25, 0.3) is 16.1 Å². The van der Waals surface area contributed by atoms with Crippen molar-refractivity contribution in [2.75, 3.05) is 31.9 Å². The molecule has 7 nitrogen and oxygen atoms in total. The fourth-order valence-electron chi connectivity index (χ4n) is 1.99. The van der Waals surface area contributed by atoms with Crippen LogP contribution in [0.2, 0.25) is 0 Å². The third-order valence-electron chi connectivity index (χ3n) is 3.13. The monoisotopic (exact) mass is 362 g/mol. The summed E-state index contributed by atoms with van der Waals surface area (Å²) >= 11 is 3.27. The van der Waals surface area contributed by atoms with Crippen molar-refractivity contribution in [2.45, 2.75) is 0 Å². The second kappa shape index (κ2) is 5.68. The highest BCUT2D eigenvalue weighted by molar-refractivity contribution is 9.10. The van der Waals surface area contributed by atoms with Crippen LogP contribution in [-0.4, -0.2) is 49.7 Å². The Labute approximate surface area is 125 Å². The molecule has 1 fully saturated rings. The fraction of sp³-hybridized carbons (Fsp3) is 0.364. The largest absolute Gasteiger partial charge is 0.398 e. The van der Waals surface area contributed by atoms with Crippen molar-refractivity contribution in [3.8, 4) is 0 Å². The predicted octanol–water partition coefficient (Wildman–Crippen LogP) is -0.00740. The first-order chi connectivity index (χ1) is 9.29. The predicted molar refractivity (Wildman–Crippen MR) is 79.1 cm³/mol. The van der Waals surface area contributed by atoms with Crippen LogP contribution < -0.4 is 10.9 Å². The SMILES string of the molecule is Nc1ccc(C(=O)N2CCN(S(N)(=O)=O)CC2)cc1Br. The first-order valence-electron chi connectivity index (χ1n) is 5.91. The van der Waals surface area contributed by atoms with Crippen LogP contribution >= 0.6 is 15.9 Å². The summed E-state index contributed by atoms with van der Waals surface area (Å²) in [7, 11) is -3.68. The molecule has 0 spiro atoms. The van der Waals surface area contributed by atoms with E-state index in [0.717, 1.165) is 4.31 Å². The number of hydrogen-bond donors (Lipinski definition) is 2. The van der Waals surface area contributed by atoms with Gasteiger partial charge in [0.1, 0.15) is 0 Å². The molecule has 0 atom stereocenters. The minimum atomic E-state index is -3.68. The number of amides is 1. The molecule has 1 saturated heterocycles. The number of rotatable bonds is 2. The average Bonchev–Trinajstić information content (AvgIpc) is 2.40. The molecule has 9 heteroatoms. The van der Waals surface area contributed by atoms with Crippen LogP contribution in [0.25, 0.3) is 0 Å². The minimum absolute atomic E-state index is 0.153. The Bertz CT molecular complexity index is 627. The van der Waals surface area contributed by atoms with Gasteiger partial charge < -0.3 is 10.6 Å². The maximum atomic E-state index is 12.3. The van der Waals surface area contributed by atoms with Crippen molar-refractivity contribution < 1.29 is 13.2 Å². The molecule has 2 rings (SSSR count). The number of piperazine rings is 1. The topological polar surface area (TPSA) is 110 Å². The Morgan fingerprint density at radius 2 is 1.80 bits per heavy atom. The summed E-state index contributed by atoms with van der Waals surface area (Å²) in [6.45, 7) is 1.05. The number of nitrogens with two attached hydrogens (primary N) is 2. The van der Waals surface area contributed by atoms with Crippen molar-refractivity contribution in [3.63, 3.8) is 0 Å². The van der Waals surface area contributed by atoms with Gasteiger partial charge in [-0.3, -0.25) is 4.79 Å². The summed E-state index contributed by atoms with van der Waals surface area (Å²) in [5.74, 6) is -0.153. The van der Waals surface area contributed by atoms with E-state index >= 15 is 0 Å². The lowest BCUT2D eigenvalue weighted by atomic mass is 10.1. The molecule has 1 aromatic rings. The molecule has 1 heterocycles. The van der Waals surface area contributed by atoms with E-state index in [1.54, 1.807) is 23.1 Å². The first kappa shape index (κ1) is 15.2. The van der Waals surface area contributed by atoms with E-state index in [-0.39, 0.29) is 19.0 Å². The van der Waals surface area contributed by atoms with Gasteiger partial charge >= 0.3 is 0 Å². The molecule has 20 heavy (non-hydrogen) atoms. The quantitative estimate of drug-likeness (QED) is 0.721. The lowest BCUT2D eigenvalue weighted by Gasteiger charge is -2.33. The summed E-state index contributed by atoms with van der Waals surface area (Å²) < 4.78 is 24.2. The standard InChI is InChI=1S/C11H15BrN4O3S/c12-9-7-8(1-2-10(9)13)11(17)15-3-5-16(6-4-15)20(14,18)19/h1-2,7H,3-6,13H2,(H2,14,18,19). The number of benzene rings is 1. The lowest BCUT2D eigenvalue weighted by molar-refractivity contribution is 0.0698. The summed E-state index contributed by atoms with van der Waals surface area (Å²) in [4.78, 5) is 13.9. The molecular formula is C11H15BrN4O3S. The van der Waals surface area contributed by atoms with E-state index < -0.39 is 10.2 Å². The van der Waals surface area contributed by atoms with Gasteiger partial charge in [0.2, 0.25) is 0 Å². The van der Waals surface area contributed by atoms with Crippen molar-refractivity contribution in [1.29, 1.82) is 0 Å². The molecule has 1 amide bonds. The zero-order valence-electron chi connectivity index (χ0n) is 10.6. The molecule has 0 radical (unpaired) electrons. The van der Waals surface area contributed by atoms with E-state index in [2.05, 4.69) is 15.9 Å². The molecule has 0 saturated carbocycles. The number of nitrogen functional groups attached to an aromatic ring is 1. The minimum Gasteiger partial charge on any atom is -0.398 e. The highest BCUT2D eigenvalue weighted by Crippen LogP contribution is 2.21. The van der Waals surface area contributed by atoms with Crippen molar-refractivity contribution >= 4 is 37.7 Å². The highest BCUT2D eigenvalue weighted by atomic mass is 79.9. The van der Waals surface area contributed by atoms with Crippen LogP contribution in [0.3, 0.4) is 0 Å². The number of carbonyl (C=O) groups is 1. The van der Waals surface area contributed by atoms with Crippen molar-refractivity contribution in [1.82, 2.24) is 9.21 Å². The zero-order chi connectivity index (χ0) is 14.9. The van der Waals surface area contributed by atoms with Crippen molar-refractivity contribution in [3.05, 3.63) is 28.2 Å². The van der Waals surface area contributed by atoms with E-state index in [1.807, 2.05) is 0 Å². The van der Waals surface area contributed by atoms with Gasteiger partial charge in [0.15, 0.2) is 0 Å². The van der Waals surface area contributed by atoms with Crippen LogP contribution in [0.4, 0.5) is 5.69 Å². The van der Waals surface area contributed by atoms with Crippen LogP contribution in [0, 0.1) is 0 Å². The van der Waals surface area contributed by atoms with Gasteiger partial charge in [0, 0.05) is 41.9 Å². The van der Waals surface area contributed by atoms with Crippen LogP contribution in [0.15, 0.2) is 22.7 Å². The summed E-state index contributed by atoms with van der Waals surface area (Å²) in [6.07, 6.45) is 0. The Morgan fingerprint density at radius 1 is 1.20 bits per heavy atom. The van der Waals surface area contributed by atoms with Gasteiger partial charge in [-0.25, -0.2) is 5.14 Å². The Morgan fingerprint density at radius 3 is 2.30 bits per heavy atom. The molecule has 0 aliphatic carbocycles. The van der Waals surface area contributed by atoms with Gasteiger partial charge in [0.05, 0.1) is 0 Å². The number of hydrogen-bond acceptors (Lipinski definition) is 4. The molecular weight excluding hydrogens is 348 g/mol. The third kappa shape index (κ3) is 3.29. The number of nitrogens with zero attached hydrogens (tertiary/aromatic N) is 2. The maximum absolute atomic E-state index is 12.3. The van der Waals surface area contributed by atoms with Crippen LogP contribution in [0.5, 0.6) is 0 Å². The Hall–Kier alpha value is -1.16. The summed E-state index contributed by atoms with van der Waals surface area (Å²) in [5, 5.41) is 5.05. The normalized spacial score (nSPS) is 17.2. The molecule has 0 unspecified atom stereocenters. The Kier molecular flexibility index (Phi) is 4.33. The number of carbonyl (C=O) groups excluding carboxylic acids is 1. The van der Waals surface area contributed by atoms with Gasteiger partial charge in [-0.15, -0.1) is 0 Å². The average molecular weight is 363 g/mol. The number of halogens is 1. The molecule has 1 aromatic carbocycles. The zero-order valence-corrected chi connectivity index (χ0v) is 13.0. The van der Waals surface area contributed by atoms with E-state index in [4.69, 9.17) is 10.9 Å². The molecule has 4 N–H and O–H groups in total. The first-order valence-corrected chi connectivity index (χ1v) is 8.21. The molecule has 110 valence electrons. The maximum Gasteiger partial charge on any atom is 0.277 e. The van der Waals surface area contributed by atoms with Gasteiger partial charge in [-0.1, -0.05) is 0 Å². The molecule has 1 aliphatic rings. The van der Waals surface area contributed by atoms with E-state index in [9.17, 15) is 13.2 Å². The molecule has 0 bridgehead atoms. The second-order valence-corrected chi connectivity index (χ2v) is 6.87. The summed E-state index contributed by atoms with van der Waals surface area (Å²) in [6, 6.07) is 4.95. The van der Waals surface area contributed by atoms with Crippen molar-refractivity contribution in [2.24, 2.45) is 5.14 Å². The highest BCUT2D eigenvalue weighted by Gasteiger charge is 2.27. The fourth-order valence-corrected chi connectivity index (χ4v) is 3.04. The second-order valence-electron chi connectivity index (χ2n) is 4.47. The lowest BCUT2D eigenvalue weighted by Crippen LogP contribution is -2.52. The molecule has 0 aromatic heterocycles. The van der Waals surface area contributed by atoms with E-state index in [1.165, 1.54) is 0 Å². The Balaban J connectivity index is 2.07. The van der Waals surface area contributed by atoms with E-state index in [0.29, 0.717) is 28.8 Å². The van der Waals surface area contributed by atoms with Crippen LogP contribution in [-0.2, 0) is 10.2 Å². The summed E-state index contributed by atoms with van der Waals surface area (Å²) in [5.41, 5.74) is 6.74. The molecule has 1 aliphatic heterocycles. The van der Waals surface area contributed by atoms with Gasteiger partial charge in [-0.05, 0) is 34.1 Å². The third-order valence-corrected chi connectivity index (χ3v) is 4.90. The smallest absolute Gasteiger partial charge is 0.277 e. The van der Waals surface area contributed by atoms with Crippen LogP contribution in [0.1, 0.15) is 10.4 Å². The number of anilines is 1. The van der Waals surface area contributed by atoms with Gasteiger partial charge in [-0.2, -0.15) is 12.7 Å².